The van der Waals surface area contributed by atoms with Crippen molar-refractivity contribution in [3.8, 4) is 11.1 Å². The SMILES string of the molecule is C/C1=C/C=C\c2oc3cccc(N(c4ccc(-c5ccccc5)cc4)c4ccc5ccccc5c4)c3c2CC1. The fourth-order valence-corrected chi connectivity index (χ4v) is 5.66. The molecule has 0 amide bonds. The zero-order valence-corrected chi connectivity index (χ0v) is 22.0. The molecular weight excluding hydrogens is 474 g/mol. The van der Waals surface area contributed by atoms with Crippen molar-refractivity contribution in [2.24, 2.45) is 0 Å². The lowest BCUT2D eigenvalue weighted by Crippen LogP contribution is -2.10. The molecule has 0 bridgehead atoms. The van der Waals surface area contributed by atoms with Gasteiger partial charge in [0.25, 0.3) is 0 Å². The number of hydrogen-bond acceptors (Lipinski definition) is 2. The highest BCUT2D eigenvalue weighted by molar-refractivity contribution is 6.01. The highest BCUT2D eigenvalue weighted by atomic mass is 16.3. The van der Waals surface area contributed by atoms with Gasteiger partial charge in [0, 0.05) is 22.3 Å². The van der Waals surface area contributed by atoms with E-state index in [1.165, 1.54) is 38.4 Å². The van der Waals surface area contributed by atoms with Gasteiger partial charge in [-0.05, 0) is 84.1 Å². The molecule has 5 aromatic carbocycles. The quantitative estimate of drug-likeness (QED) is 0.238. The van der Waals surface area contributed by atoms with Gasteiger partial charge in [0.1, 0.15) is 11.3 Å². The zero-order valence-electron chi connectivity index (χ0n) is 22.0. The van der Waals surface area contributed by atoms with E-state index in [1.54, 1.807) is 0 Å². The molecule has 1 aromatic heterocycles. The molecule has 0 aliphatic heterocycles. The molecule has 1 heterocycles. The summed E-state index contributed by atoms with van der Waals surface area (Å²) in [5, 5.41) is 3.64. The van der Waals surface area contributed by atoms with E-state index < -0.39 is 0 Å². The molecule has 0 spiro atoms. The molecular formula is C37H29NO. The van der Waals surface area contributed by atoms with Gasteiger partial charge >= 0.3 is 0 Å². The molecule has 2 heteroatoms. The van der Waals surface area contributed by atoms with Gasteiger partial charge in [0.2, 0.25) is 0 Å². The van der Waals surface area contributed by atoms with Gasteiger partial charge in [-0.3, -0.25) is 0 Å². The minimum absolute atomic E-state index is 0.924. The lowest BCUT2D eigenvalue weighted by Gasteiger charge is -2.27. The van der Waals surface area contributed by atoms with Crippen LogP contribution in [-0.4, -0.2) is 0 Å². The summed E-state index contributed by atoms with van der Waals surface area (Å²) in [6.45, 7) is 2.20. The summed E-state index contributed by atoms with van der Waals surface area (Å²) < 4.78 is 6.43. The van der Waals surface area contributed by atoms with Gasteiger partial charge in [0.05, 0.1) is 5.69 Å². The number of benzene rings is 5. The van der Waals surface area contributed by atoms with Crippen LogP contribution in [0.15, 0.2) is 137 Å². The Kier molecular flexibility index (Phi) is 5.86. The summed E-state index contributed by atoms with van der Waals surface area (Å²) in [5.74, 6) is 0.957. The molecule has 2 nitrogen and oxygen atoms in total. The third-order valence-corrected chi connectivity index (χ3v) is 7.69. The van der Waals surface area contributed by atoms with Crippen molar-refractivity contribution in [3.05, 3.63) is 144 Å². The number of allylic oxidation sites excluding steroid dienone is 3. The van der Waals surface area contributed by atoms with Crippen LogP contribution in [0.2, 0.25) is 0 Å². The molecule has 0 saturated heterocycles. The predicted octanol–water partition coefficient (Wildman–Crippen LogP) is 10.6. The van der Waals surface area contributed by atoms with E-state index in [-0.39, 0.29) is 0 Å². The number of hydrogen-bond donors (Lipinski definition) is 0. The number of nitrogens with zero attached hydrogens (tertiary/aromatic N) is 1. The van der Waals surface area contributed by atoms with Crippen molar-refractivity contribution >= 4 is 44.9 Å². The van der Waals surface area contributed by atoms with Crippen LogP contribution in [-0.2, 0) is 6.42 Å². The van der Waals surface area contributed by atoms with Gasteiger partial charge in [-0.1, -0.05) is 96.6 Å². The maximum Gasteiger partial charge on any atom is 0.137 e. The molecule has 1 aliphatic rings. The third kappa shape index (κ3) is 4.34. The minimum atomic E-state index is 0.924. The van der Waals surface area contributed by atoms with Crippen molar-refractivity contribution in [2.45, 2.75) is 19.8 Å². The molecule has 0 unspecified atom stereocenters. The standard InChI is InChI=1S/C37H29NO/c1-26-9-7-15-35-33(24-17-26)37-34(14-8-16-36(37)39-35)38(32-23-20-28-12-5-6-13-30(28)25-32)31-21-18-29(19-22-31)27-10-3-2-4-11-27/h2-16,18-23,25H,17,24H2,1H3/b15-7-,26-9-. The maximum atomic E-state index is 6.43. The first kappa shape index (κ1) is 23.3. The van der Waals surface area contributed by atoms with Crippen LogP contribution >= 0.6 is 0 Å². The van der Waals surface area contributed by atoms with E-state index in [9.17, 15) is 0 Å². The first-order valence-corrected chi connectivity index (χ1v) is 13.6. The first-order valence-electron chi connectivity index (χ1n) is 13.6. The van der Waals surface area contributed by atoms with E-state index >= 15 is 0 Å². The Balaban J connectivity index is 1.44. The lowest BCUT2D eigenvalue weighted by molar-refractivity contribution is 0.597. The van der Waals surface area contributed by atoms with E-state index in [4.69, 9.17) is 4.42 Å². The van der Waals surface area contributed by atoms with Crippen molar-refractivity contribution < 1.29 is 4.42 Å². The van der Waals surface area contributed by atoms with Crippen molar-refractivity contribution in [1.82, 2.24) is 0 Å². The fourth-order valence-electron chi connectivity index (χ4n) is 5.66. The predicted molar refractivity (Wildman–Crippen MR) is 165 cm³/mol. The Bertz CT molecular complexity index is 1860. The van der Waals surface area contributed by atoms with E-state index in [1.807, 2.05) is 0 Å². The molecule has 39 heavy (non-hydrogen) atoms. The first-order chi connectivity index (χ1) is 19.2. The van der Waals surface area contributed by atoms with E-state index in [2.05, 4.69) is 145 Å². The van der Waals surface area contributed by atoms with Crippen LogP contribution in [0.4, 0.5) is 17.1 Å². The van der Waals surface area contributed by atoms with Crippen LogP contribution in [0, 0.1) is 0 Å². The number of anilines is 3. The Morgan fingerprint density at radius 1 is 0.641 bits per heavy atom. The molecule has 6 aromatic rings. The smallest absolute Gasteiger partial charge is 0.137 e. The Morgan fingerprint density at radius 3 is 2.23 bits per heavy atom. The van der Waals surface area contributed by atoms with E-state index in [0.29, 0.717) is 0 Å². The molecule has 0 fully saturated rings. The molecule has 1 aliphatic carbocycles. The van der Waals surface area contributed by atoms with Gasteiger partial charge in [-0.2, -0.15) is 0 Å². The van der Waals surface area contributed by atoms with Gasteiger partial charge in [0.15, 0.2) is 0 Å². The van der Waals surface area contributed by atoms with Crippen molar-refractivity contribution in [3.63, 3.8) is 0 Å². The molecule has 0 atom stereocenters. The summed E-state index contributed by atoms with van der Waals surface area (Å²) in [4.78, 5) is 2.38. The molecule has 7 rings (SSSR count). The average molecular weight is 504 g/mol. The molecule has 0 saturated carbocycles. The van der Waals surface area contributed by atoms with Crippen LogP contribution in [0.25, 0.3) is 38.9 Å². The monoisotopic (exact) mass is 503 g/mol. The van der Waals surface area contributed by atoms with Crippen molar-refractivity contribution in [2.75, 3.05) is 4.90 Å². The van der Waals surface area contributed by atoms with Gasteiger partial charge < -0.3 is 9.32 Å². The molecule has 0 N–H and O–H groups in total. The highest BCUT2D eigenvalue weighted by Gasteiger charge is 2.22. The average Bonchev–Trinajstić information content (AvgIpc) is 3.33. The van der Waals surface area contributed by atoms with E-state index in [0.717, 1.165) is 41.2 Å². The second-order valence-corrected chi connectivity index (χ2v) is 10.2. The Hall–Kier alpha value is -4.82. The normalized spacial score (nSPS) is 15.3. The topological polar surface area (TPSA) is 16.4 Å². The van der Waals surface area contributed by atoms with Crippen LogP contribution in [0.5, 0.6) is 0 Å². The van der Waals surface area contributed by atoms with Gasteiger partial charge in [-0.25, -0.2) is 0 Å². The maximum absolute atomic E-state index is 6.43. The van der Waals surface area contributed by atoms with Crippen LogP contribution in [0.1, 0.15) is 24.7 Å². The number of rotatable bonds is 4. The molecule has 0 radical (unpaired) electrons. The Labute approximate surface area is 229 Å². The summed E-state index contributed by atoms with van der Waals surface area (Å²) in [6, 6.07) is 41.1. The summed E-state index contributed by atoms with van der Waals surface area (Å²) in [7, 11) is 0. The van der Waals surface area contributed by atoms with Crippen LogP contribution in [0.3, 0.4) is 0 Å². The fraction of sp³-hybridized carbons (Fsp3) is 0.0811. The Morgan fingerprint density at radius 2 is 1.38 bits per heavy atom. The summed E-state index contributed by atoms with van der Waals surface area (Å²) in [6.07, 6.45) is 8.37. The van der Waals surface area contributed by atoms with Gasteiger partial charge in [-0.15, -0.1) is 0 Å². The number of aryl methyl sites for hydroxylation is 1. The number of fused-ring (bicyclic) bond motifs is 4. The summed E-state index contributed by atoms with van der Waals surface area (Å²) >= 11 is 0. The lowest BCUT2D eigenvalue weighted by atomic mass is 9.98. The van der Waals surface area contributed by atoms with Crippen LogP contribution < -0.4 is 4.90 Å². The van der Waals surface area contributed by atoms with Crippen molar-refractivity contribution in [1.29, 1.82) is 0 Å². The molecule has 188 valence electrons. The third-order valence-electron chi connectivity index (χ3n) is 7.69. The second kappa shape index (κ2) is 9.81. The summed E-state index contributed by atoms with van der Waals surface area (Å²) in [5.41, 5.74) is 9.38. The highest BCUT2D eigenvalue weighted by Crippen LogP contribution is 2.44. The number of furan rings is 1. The second-order valence-electron chi connectivity index (χ2n) is 10.2. The largest absolute Gasteiger partial charge is 0.456 e. The minimum Gasteiger partial charge on any atom is -0.456 e. The zero-order chi connectivity index (χ0) is 26.2.